The SMILES string of the molecule is CNC(=O)[C@@H](NC(=O)c1nc(-c2ccccc2)n2c1CN(C)CC2)c1ccccc1. The number of hydrogen-bond donors (Lipinski definition) is 2. The molecule has 1 aromatic heterocycles. The number of imidazole rings is 1. The van der Waals surface area contributed by atoms with Gasteiger partial charge >= 0.3 is 0 Å². The number of nitrogens with zero attached hydrogens (tertiary/aromatic N) is 3. The summed E-state index contributed by atoms with van der Waals surface area (Å²) in [5.74, 6) is 0.150. The second-order valence-corrected chi connectivity index (χ2v) is 7.42. The van der Waals surface area contributed by atoms with Crippen LogP contribution >= 0.6 is 0 Å². The summed E-state index contributed by atoms with van der Waals surface area (Å²) in [7, 11) is 3.59. The maximum absolute atomic E-state index is 13.3. The molecule has 7 heteroatoms. The summed E-state index contributed by atoms with van der Waals surface area (Å²) in [6.45, 7) is 2.27. The van der Waals surface area contributed by atoms with Crippen molar-refractivity contribution in [1.82, 2.24) is 25.1 Å². The lowest BCUT2D eigenvalue weighted by molar-refractivity contribution is -0.122. The first-order valence-corrected chi connectivity index (χ1v) is 9.99. The largest absolute Gasteiger partial charge is 0.357 e. The average molecular weight is 403 g/mol. The summed E-state index contributed by atoms with van der Waals surface area (Å²) in [4.78, 5) is 32.7. The maximum atomic E-state index is 13.3. The standard InChI is InChI=1S/C23H25N5O2/c1-24-22(29)19(16-9-5-3-6-10-16)26-23(30)20-18-15-27(2)13-14-28(18)21(25-20)17-11-7-4-8-12-17/h3-12,19H,13-15H2,1-2H3,(H,24,29)(H,26,30)/t19-/m0/s1. The summed E-state index contributed by atoms with van der Waals surface area (Å²) in [6, 6.07) is 18.3. The van der Waals surface area contributed by atoms with Crippen LogP contribution in [-0.2, 0) is 17.9 Å². The molecule has 2 amide bonds. The number of amides is 2. The van der Waals surface area contributed by atoms with Gasteiger partial charge in [0.15, 0.2) is 5.69 Å². The van der Waals surface area contributed by atoms with E-state index in [9.17, 15) is 9.59 Å². The van der Waals surface area contributed by atoms with Crippen molar-refractivity contribution in [3.05, 3.63) is 77.6 Å². The average Bonchev–Trinajstić information content (AvgIpc) is 3.16. The summed E-state index contributed by atoms with van der Waals surface area (Å²) in [5, 5.41) is 5.52. The zero-order chi connectivity index (χ0) is 21.1. The van der Waals surface area contributed by atoms with Crippen LogP contribution in [0.3, 0.4) is 0 Å². The van der Waals surface area contributed by atoms with Gasteiger partial charge in [-0.1, -0.05) is 60.7 Å². The van der Waals surface area contributed by atoms with Gasteiger partial charge in [0.05, 0.1) is 5.69 Å². The number of carbonyl (C=O) groups is 2. The highest BCUT2D eigenvalue weighted by Crippen LogP contribution is 2.26. The van der Waals surface area contributed by atoms with Gasteiger partial charge in [-0.05, 0) is 12.6 Å². The second kappa shape index (κ2) is 8.51. The number of rotatable bonds is 5. The van der Waals surface area contributed by atoms with Crippen molar-refractivity contribution in [3.63, 3.8) is 0 Å². The first-order valence-electron chi connectivity index (χ1n) is 9.99. The quantitative estimate of drug-likeness (QED) is 0.685. The molecule has 154 valence electrons. The van der Waals surface area contributed by atoms with E-state index >= 15 is 0 Å². The van der Waals surface area contributed by atoms with Crippen LogP contribution in [0.4, 0.5) is 0 Å². The Bertz CT molecular complexity index is 1050. The van der Waals surface area contributed by atoms with Gasteiger partial charge in [-0.25, -0.2) is 4.98 Å². The van der Waals surface area contributed by atoms with Crippen molar-refractivity contribution in [2.75, 3.05) is 20.6 Å². The van der Waals surface area contributed by atoms with Gasteiger partial charge in [-0.2, -0.15) is 0 Å². The van der Waals surface area contributed by atoms with Gasteiger partial charge < -0.3 is 15.2 Å². The summed E-state index contributed by atoms with van der Waals surface area (Å²) >= 11 is 0. The minimum absolute atomic E-state index is 0.275. The molecule has 1 aliphatic rings. The highest BCUT2D eigenvalue weighted by molar-refractivity contribution is 5.98. The predicted molar refractivity (Wildman–Crippen MR) is 115 cm³/mol. The summed E-state index contributed by atoms with van der Waals surface area (Å²) < 4.78 is 2.11. The van der Waals surface area contributed by atoms with Gasteiger partial charge in [0.2, 0.25) is 5.91 Å². The molecular weight excluding hydrogens is 378 g/mol. The lowest BCUT2D eigenvalue weighted by Crippen LogP contribution is -2.40. The van der Waals surface area contributed by atoms with Crippen molar-refractivity contribution < 1.29 is 9.59 Å². The van der Waals surface area contributed by atoms with Gasteiger partial charge in [0.25, 0.3) is 5.91 Å². The lowest BCUT2D eigenvalue weighted by Gasteiger charge is -2.26. The van der Waals surface area contributed by atoms with Crippen LogP contribution in [0.1, 0.15) is 27.8 Å². The predicted octanol–water partition coefficient (Wildman–Crippen LogP) is 2.21. The zero-order valence-corrected chi connectivity index (χ0v) is 17.1. The molecule has 0 saturated heterocycles. The number of hydrogen-bond acceptors (Lipinski definition) is 4. The molecule has 4 rings (SSSR count). The lowest BCUT2D eigenvalue weighted by atomic mass is 10.1. The highest BCUT2D eigenvalue weighted by atomic mass is 16.2. The number of nitrogens with one attached hydrogen (secondary N) is 2. The van der Waals surface area contributed by atoms with Crippen LogP contribution < -0.4 is 10.6 Å². The van der Waals surface area contributed by atoms with Crippen molar-refractivity contribution in [2.24, 2.45) is 0 Å². The maximum Gasteiger partial charge on any atom is 0.272 e. The minimum Gasteiger partial charge on any atom is -0.357 e. The van der Waals surface area contributed by atoms with E-state index in [0.29, 0.717) is 12.2 Å². The van der Waals surface area contributed by atoms with Gasteiger partial charge in [0.1, 0.15) is 11.9 Å². The van der Waals surface area contributed by atoms with Crippen LogP contribution in [0.15, 0.2) is 60.7 Å². The van der Waals surface area contributed by atoms with Gasteiger partial charge in [0, 0.05) is 32.2 Å². The number of likely N-dealkylation sites (N-methyl/N-ethyl adjacent to an activating group) is 2. The Morgan fingerprint density at radius 2 is 1.67 bits per heavy atom. The summed E-state index contributed by atoms with van der Waals surface area (Å²) in [5.41, 5.74) is 2.92. The number of benzene rings is 2. The zero-order valence-electron chi connectivity index (χ0n) is 17.1. The molecule has 0 spiro atoms. The van der Waals surface area contributed by atoms with Crippen LogP contribution in [0, 0.1) is 0 Å². The Morgan fingerprint density at radius 1 is 1.00 bits per heavy atom. The minimum atomic E-state index is -0.789. The summed E-state index contributed by atoms with van der Waals surface area (Å²) in [6.07, 6.45) is 0. The highest BCUT2D eigenvalue weighted by Gasteiger charge is 2.29. The van der Waals surface area contributed by atoms with E-state index in [1.807, 2.05) is 67.7 Å². The van der Waals surface area contributed by atoms with Crippen molar-refractivity contribution >= 4 is 11.8 Å². The number of carbonyl (C=O) groups excluding carboxylic acids is 2. The van der Waals surface area contributed by atoms with Crippen LogP contribution in [-0.4, -0.2) is 46.9 Å². The fourth-order valence-corrected chi connectivity index (χ4v) is 3.77. The van der Waals surface area contributed by atoms with E-state index < -0.39 is 6.04 Å². The molecule has 2 N–H and O–H groups in total. The Labute approximate surface area is 175 Å². The molecule has 1 aliphatic heterocycles. The Kier molecular flexibility index (Phi) is 5.63. The topological polar surface area (TPSA) is 79.3 Å². The molecule has 0 saturated carbocycles. The van der Waals surface area contributed by atoms with E-state index in [1.54, 1.807) is 7.05 Å². The molecule has 0 unspecified atom stereocenters. The van der Waals surface area contributed by atoms with Crippen LogP contribution in [0.2, 0.25) is 0 Å². The van der Waals surface area contributed by atoms with E-state index in [2.05, 4.69) is 20.1 Å². The smallest absolute Gasteiger partial charge is 0.272 e. The van der Waals surface area contributed by atoms with Crippen molar-refractivity contribution in [1.29, 1.82) is 0 Å². The van der Waals surface area contributed by atoms with Gasteiger partial charge in [-0.3, -0.25) is 14.5 Å². The molecule has 2 aromatic carbocycles. The first kappa shape index (κ1) is 19.8. The molecule has 0 fully saturated rings. The normalized spacial score (nSPS) is 14.6. The fraction of sp³-hybridized carbons (Fsp3) is 0.261. The molecule has 7 nitrogen and oxygen atoms in total. The van der Waals surface area contributed by atoms with E-state index in [1.165, 1.54) is 0 Å². The molecule has 2 heterocycles. The fourth-order valence-electron chi connectivity index (χ4n) is 3.77. The third-order valence-electron chi connectivity index (χ3n) is 5.36. The van der Waals surface area contributed by atoms with E-state index in [-0.39, 0.29) is 11.8 Å². The Hall–Kier alpha value is -3.45. The second-order valence-electron chi connectivity index (χ2n) is 7.42. The number of aromatic nitrogens is 2. The molecule has 0 bridgehead atoms. The molecular formula is C23H25N5O2. The Balaban J connectivity index is 1.71. The monoisotopic (exact) mass is 403 g/mol. The first-order chi connectivity index (χ1) is 14.6. The van der Waals surface area contributed by atoms with Crippen molar-refractivity contribution in [3.8, 4) is 11.4 Å². The van der Waals surface area contributed by atoms with Crippen LogP contribution in [0.25, 0.3) is 11.4 Å². The van der Waals surface area contributed by atoms with E-state index in [4.69, 9.17) is 4.98 Å². The Morgan fingerprint density at radius 3 is 2.33 bits per heavy atom. The van der Waals surface area contributed by atoms with Crippen molar-refractivity contribution in [2.45, 2.75) is 19.1 Å². The molecule has 3 aromatic rings. The molecule has 0 aliphatic carbocycles. The van der Waals surface area contributed by atoms with Gasteiger partial charge in [-0.15, -0.1) is 0 Å². The molecule has 1 atom stereocenters. The third kappa shape index (κ3) is 3.84. The number of fused-ring (bicyclic) bond motifs is 1. The van der Waals surface area contributed by atoms with E-state index in [0.717, 1.165) is 35.7 Å². The molecule has 0 radical (unpaired) electrons. The molecule has 30 heavy (non-hydrogen) atoms. The third-order valence-corrected chi connectivity index (χ3v) is 5.36. The van der Waals surface area contributed by atoms with Crippen LogP contribution in [0.5, 0.6) is 0 Å².